The van der Waals surface area contributed by atoms with Crippen LogP contribution < -0.4 is 5.32 Å². The van der Waals surface area contributed by atoms with Crippen LogP contribution in [0.5, 0.6) is 0 Å². The summed E-state index contributed by atoms with van der Waals surface area (Å²) in [5, 5.41) is 2.74. The first-order chi connectivity index (χ1) is 6.17. The van der Waals surface area contributed by atoms with E-state index in [1.165, 1.54) is 7.11 Å². The fraction of sp³-hybridized carbons (Fsp3) is 1.00. The Balaban J connectivity index is 2.78. The van der Waals surface area contributed by atoms with Crippen molar-refractivity contribution in [1.82, 2.24) is 5.32 Å². The Kier molecular flexibility index (Phi) is 3.62. The second-order valence-corrected chi connectivity index (χ2v) is 3.56. The Labute approximate surface area is 77.6 Å². The first-order valence-electron chi connectivity index (χ1n) is 4.67. The van der Waals surface area contributed by atoms with Gasteiger partial charge in [0.15, 0.2) is 0 Å². The SMILES string of the molecule is CNC1(C(F)F)CCCCC1OC. The van der Waals surface area contributed by atoms with Crippen LogP contribution in [0.15, 0.2) is 0 Å². The molecule has 1 N–H and O–H groups in total. The highest BCUT2D eigenvalue weighted by molar-refractivity contribution is 4.99. The molecule has 1 saturated carbocycles. The molecule has 1 fully saturated rings. The minimum atomic E-state index is -2.36. The van der Waals surface area contributed by atoms with E-state index in [4.69, 9.17) is 4.74 Å². The monoisotopic (exact) mass is 193 g/mol. The van der Waals surface area contributed by atoms with Gasteiger partial charge in [0, 0.05) is 7.11 Å². The summed E-state index contributed by atoms with van der Waals surface area (Å²) in [6.07, 6.45) is 0.343. The van der Waals surface area contributed by atoms with E-state index in [1.54, 1.807) is 7.05 Å². The van der Waals surface area contributed by atoms with Crippen molar-refractivity contribution in [3.05, 3.63) is 0 Å². The van der Waals surface area contributed by atoms with Gasteiger partial charge in [0.25, 0.3) is 6.43 Å². The highest BCUT2D eigenvalue weighted by Gasteiger charge is 2.47. The molecule has 1 aliphatic rings. The van der Waals surface area contributed by atoms with Crippen LogP contribution in [0.2, 0.25) is 0 Å². The predicted octanol–water partition coefficient (Wildman–Crippen LogP) is 1.80. The quantitative estimate of drug-likeness (QED) is 0.738. The van der Waals surface area contributed by atoms with Gasteiger partial charge < -0.3 is 10.1 Å². The summed E-state index contributed by atoms with van der Waals surface area (Å²) < 4.78 is 30.9. The summed E-state index contributed by atoms with van der Waals surface area (Å²) in [4.78, 5) is 0. The molecular weight excluding hydrogens is 176 g/mol. The summed E-state index contributed by atoms with van der Waals surface area (Å²) in [6.45, 7) is 0. The fourth-order valence-electron chi connectivity index (χ4n) is 2.14. The van der Waals surface area contributed by atoms with Gasteiger partial charge in [-0.25, -0.2) is 8.78 Å². The van der Waals surface area contributed by atoms with E-state index in [1.807, 2.05) is 0 Å². The van der Waals surface area contributed by atoms with Crippen molar-refractivity contribution in [3.8, 4) is 0 Å². The van der Waals surface area contributed by atoms with E-state index in [0.29, 0.717) is 6.42 Å². The lowest BCUT2D eigenvalue weighted by Gasteiger charge is -2.42. The summed E-state index contributed by atoms with van der Waals surface area (Å²) in [6, 6.07) is 0. The molecular formula is C9H17F2NO. The van der Waals surface area contributed by atoms with Gasteiger partial charge in [0.1, 0.15) is 5.54 Å². The number of ether oxygens (including phenoxy) is 1. The van der Waals surface area contributed by atoms with Gasteiger partial charge in [-0.15, -0.1) is 0 Å². The van der Waals surface area contributed by atoms with E-state index in [0.717, 1.165) is 19.3 Å². The second-order valence-electron chi connectivity index (χ2n) is 3.56. The summed E-state index contributed by atoms with van der Waals surface area (Å²) >= 11 is 0. The van der Waals surface area contributed by atoms with E-state index >= 15 is 0 Å². The molecule has 0 spiro atoms. The summed E-state index contributed by atoms with van der Waals surface area (Å²) in [7, 11) is 3.09. The van der Waals surface area contributed by atoms with Crippen molar-refractivity contribution in [2.75, 3.05) is 14.2 Å². The second kappa shape index (κ2) is 4.33. The van der Waals surface area contributed by atoms with E-state index < -0.39 is 12.0 Å². The topological polar surface area (TPSA) is 21.3 Å². The molecule has 0 saturated heterocycles. The number of rotatable bonds is 3. The van der Waals surface area contributed by atoms with Crippen LogP contribution in [-0.2, 0) is 4.74 Å². The third kappa shape index (κ3) is 1.83. The first kappa shape index (κ1) is 10.9. The third-order valence-electron chi connectivity index (χ3n) is 3.02. The molecule has 78 valence electrons. The largest absolute Gasteiger partial charge is 0.379 e. The molecule has 2 nitrogen and oxygen atoms in total. The maximum absolute atomic E-state index is 12.9. The molecule has 2 unspecified atom stereocenters. The number of nitrogens with one attached hydrogen (secondary N) is 1. The van der Waals surface area contributed by atoms with E-state index in [9.17, 15) is 8.78 Å². The lowest BCUT2D eigenvalue weighted by atomic mass is 9.79. The first-order valence-corrected chi connectivity index (χ1v) is 4.67. The van der Waals surface area contributed by atoms with E-state index in [-0.39, 0.29) is 6.10 Å². The number of hydrogen-bond acceptors (Lipinski definition) is 2. The maximum atomic E-state index is 12.9. The van der Waals surface area contributed by atoms with Crippen molar-refractivity contribution in [2.24, 2.45) is 0 Å². The van der Waals surface area contributed by atoms with Crippen LogP contribution in [0.4, 0.5) is 8.78 Å². The molecule has 0 aliphatic heterocycles. The zero-order valence-corrected chi connectivity index (χ0v) is 8.15. The zero-order valence-electron chi connectivity index (χ0n) is 8.15. The zero-order chi connectivity index (χ0) is 9.90. The van der Waals surface area contributed by atoms with Gasteiger partial charge in [-0.2, -0.15) is 0 Å². The molecule has 0 bridgehead atoms. The molecule has 1 aliphatic carbocycles. The maximum Gasteiger partial charge on any atom is 0.259 e. The smallest absolute Gasteiger partial charge is 0.259 e. The standard InChI is InChI=1S/C9H17F2NO/c1-12-9(8(10)11)6-4-3-5-7(9)13-2/h7-8,12H,3-6H2,1-2H3. The van der Waals surface area contributed by atoms with Gasteiger partial charge in [0.05, 0.1) is 6.10 Å². The molecule has 0 aromatic rings. The normalized spacial score (nSPS) is 35.3. The minimum absolute atomic E-state index is 0.355. The van der Waals surface area contributed by atoms with E-state index in [2.05, 4.69) is 5.32 Å². The predicted molar refractivity (Wildman–Crippen MR) is 47.1 cm³/mol. The summed E-state index contributed by atoms with van der Waals surface area (Å²) in [5.41, 5.74) is -1.12. The Hall–Kier alpha value is -0.220. The van der Waals surface area contributed by atoms with Crippen LogP contribution in [-0.4, -0.2) is 32.2 Å². The number of likely N-dealkylation sites (N-methyl/N-ethyl adjacent to an activating group) is 1. The lowest BCUT2D eigenvalue weighted by Crippen LogP contribution is -2.60. The van der Waals surface area contributed by atoms with Crippen molar-refractivity contribution in [1.29, 1.82) is 0 Å². The Morgan fingerprint density at radius 1 is 1.46 bits per heavy atom. The highest BCUT2D eigenvalue weighted by atomic mass is 19.3. The van der Waals surface area contributed by atoms with Crippen LogP contribution in [0, 0.1) is 0 Å². The van der Waals surface area contributed by atoms with Crippen molar-refractivity contribution in [2.45, 2.75) is 43.8 Å². The van der Waals surface area contributed by atoms with Crippen molar-refractivity contribution in [3.63, 3.8) is 0 Å². The van der Waals surface area contributed by atoms with Crippen molar-refractivity contribution >= 4 is 0 Å². The molecule has 0 aromatic heterocycles. The third-order valence-corrected chi connectivity index (χ3v) is 3.02. The summed E-state index contributed by atoms with van der Waals surface area (Å²) in [5.74, 6) is 0. The fourth-order valence-corrected chi connectivity index (χ4v) is 2.14. The molecule has 13 heavy (non-hydrogen) atoms. The lowest BCUT2D eigenvalue weighted by molar-refractivity contribution is -0.0871. The Morgan fingerprint density at radius 2 is 2.15 bits per heavy atom. The number of halogens is 2. The van der Waals surface area contributed by atoms with Crippen molar-refractivity contribution < 1.29 is 13.5 Å². The molecule has 0 heterocycles. The Morgan fingerprint density at radius 3 is 2.54 bits per heavy atom. The average molecular weight is 193 g/mol. The van der Waals surface area contributed by atoms with Gasteiger partial charge in [-0.05, 0) is 19.9 Å². The minimum Gasteiger partial charge on any atom is -0.379 e. The highest BCUT2D eigenvalue weighted by Crippen LogP contribution is 2.34. The molecule has 0 radical (unpaired) electrons. The number of methoxy groups -OCH3 is 1. The number of hydrogen-bond donors (Lipinski definition) is 1. The van der Waals surface area contributed by atoms with Crippen LogP contribution in [0.3, 0.4) is 0 Å². The molecule has 0 aromatic carbocycles. The van der Waals surface area contributed by atoms with Gasteiger partial charge in [0.2, 0.25) is 0 Å². The van der Waals surface area contributed by atoms with Gasteiger partial charge in [-0.3, -0.25) is 0 Å². The van der Waals surface area contributed by atoms with Gasteiger partial charge in [-0.1, -0.05) is 12.8 Å². The average Bonchev–Trinajstić information content (AvgIpc) is 2.17. The molecule has 0 amide bonds. The molecule has 1 rings (SSSR count). The van der Waals surface area contributed by atoms with Crippen LogP contribution >= 0.6 is 0 Å². The Bertz CT molecular complexity index is 166. The number of alkyl halides is 2. The molecule has 4 heteroatoms. The van der Waals surface area contributed by atoms with Gasteiger partial charge >= 0.3 is 0 Å². The van der Waals surface area contributed by atoms with Crippen LogP contribution in [0.25, 0.3) is 0 Å². The molecule has 2 atom stereocenters. The van der Waals surface area contributed by atoms with Crippen LogP contribution in [0.1, 0.15) is 25.7 Å².